The number of rotatable bonds is 4. The van der Waals surface area contributed by atoms with Gasteiger partial charge < -0.3 is 5.32 Å². The highest BCUT2D eigenvalue weighted by atomic mass is 32.2. The number of nitrogens with one attached hydrogen (secondary N) is 1. The van der Waals surface area contributed by atoms with E-state index in [9.17, 15) is 0 Å². The summed E-state index contributed by atoms with van der Waals surface area (Å²) >= 11 is 1.64. The van der Waals surface area contributed by atoms with Crippen LogP contribution in [-0.2, 0) is 0 Å². The second-order valence-electron chi connectivity index (χ2n) is 4.12. The zero-order valence-corrected chi connectivity index (χ0v) is 11.7. The normalized spacial score (nSPS) is 10.4. The van der Waals surface area contributed by atoms with E-state index in [4.69, 9.17) is 0 Å². The third-order valence-electron chi connectivity index (χ3n) is 2.67. The first-order chi connectivity index (χ1) is 8.69. The van der Waals surface area contributed by atoms with Gasteiger partial charge in [0, 0.05) is 11.4 Å². The molecule has 1 aromatic carbocycles. The quantitative estimate of drug-likeness (QED) is 0.909. The summed E-state index contributed by atoms with van der Waals surface area (Å²) in [6.45, 7) is 7.15. The van der Waals surface area contributed by atoms with Crippen LogP contribution in [0.1, 0.15) is 18.1 Å². The Labute approximate surface area is 112 Å². The van der Waals surface area contributed by atoms with Crippen molar-refractivity contribution in [2.24, 2.45) is 0 Å². The first-order valence-corrected chi connectivity index (χ1v) is 6.81. The largest absolute Gasteiger partial charge is 0.369 e. The van der Waals surface area contributed by atoms with Crippen molar-refractivity contribution in [1.82, 2.24) is 9.97 Å². The number of hydrogen-bond acceptors (Lipinski definition) is 4. The van der Waals surface area contributed by atoms with Crippen LogP contribution >= 0.6 is 11.8 Å². The number of aromatic nitrogens is 2. The maximum Gasteiger partial charge on any atom is 0.145 e. The smallest absolute Gasteiger partial charge is 0.145 e. The highest BCUT2D eigenvalue weighted by Crippen LogP contribution is 2.27. The Balaban J connectivity index is 2.17. The van der Waals surface area contributed by atoms with Crippen LogP contribution in [0, 0.1) is 13.8 Å². The summed E-state index contributed by atoms with van der Waals surface area (Å²) in [5.41, 5.74) is 2.61. The van der Waals surface area contributed by atoms with E-state index >= 15 is 0 Å². The predicted octanol–water partition coefficient (Wildman–Crippen LogP) is 3.68. The molecule has 0 radical (unpaired) electrons. The van der Waals surface area contributed by atoms with Gasteiger partial charge in [0.15, 0.2) is 0 Å². The van der Waals surface area contributed by atoms with Crippen molar-refractivity contribution in [2.45, 2.75) is 30.7 Å². The van der Waals surface area contributed by atoms with Gasteiger partial charge in [0.05, 0.1) is 12.4 Å². The Morgan fingerprint density at radius 3 is 2.72 bits per heavy atom. The summed E-state index contributed by atoms with van der Waals surface area (Å²) < 4.78 is 0. The van der Waals surface area contributed by atoms with E-state index in [1.807, 2.05) is 6.92 Å². The van der Waals surface area contributed by atoms with Gasteiger partial charge >= 0.3 is 0 Å². The second-order valence-corrected chi connectivity index (χ2v) is 5.21. The fourth-order valence-electron chi connectivity index (χ4n) is 1.56. The first-order valence-electron chi connectivity index (χ1n) is 6.00. The van der Waals surface area contributed by atoms with Crippen LogP contribution in [0.3, 0.4) is 0 Å². The Bertz CT molecular complexity index is 540. The lowest BCUT2D eigenvalue weighted by Gasteiger charge is -2.06. The van der Waals surface area contributed by atoms with Crippen LogP contribution in [0.25, 0.3) is 0 Å². The van der Waals surface area contributed by atoms with Gasteiger partial charge in [-0.3, -0.25) is 4.98 Å². The summed E-state index contributed by atoms with van der Waals surface area (Å²) in [5.74, 6) is 0.825. The molecule has 0 saturated carbocycles. The summed E-state index contributed by atoms with van der Waals surface area (Å²) in [5, 5.41) is 4.08. The summed E-state index contributed by atoms with van der Waals surface area (Å²) in [6, 6.07) is 6.44. The number of anilines is 1. The lowest BCUT2D eigenvalue weighted by Crippen LogP contribution is -2.00. The average Bonchev–Trinajstić information content (AvgIpc) is 2.35. The van der Waals surface area contributed by atoms with Gasteiger partial charge in [0.1, 0.15) is 10.8 Å². The number of nitrogens with zero attached hydrogens (tertiary/aromatic N) is 2. The van der Waals surface area contributed by atoms with Gasteiger partial charge in [0.25, 0.3) is 0 Å². The van der Waals surface area contributed by atoms with E-state index in [-0.39, 0.29) is 0 Å². The molecule has 0 aliphatic heterocycles. The van der Waals surface area contributed by atoms with Crippen LogP contribution in [0.2, 0.25) is 0 Å². The Kier molecular flexibility index (Phi) is 4.20. The molecule has 2 aromatic rings. The van der Waals surface area contributed by atoms with Crippen molar-refractivity contribution in [2.75, 3.05) is 11.9 Å². The van der Waals surface area contributed by atoms with Crippen molar-refractivity contribution >= 4 is 17.6 Å². The second kappa shape index (κ2) is 5.87. The topological polar surface area (TPSA) is 37.8 Å². The predicted molar refractivity (Wildman–Crippen MR) is 76.2 cm³/mol. The molecule has 0 amide bonds. The Morgan fingerprint density at radius 1 is 1.17 bits per heavy atom. The fraction of sp³-hybridized carbons (Fsp3) is 0.286. The summed E-state index contributed by atoms with van der Waals surface area (Å²) in [6.07, 6.45) is 3.54. The monoisotopic (exact) mass is 259 g/mol. The third-order valence-corrected chi connectivity index (χ3v) is 3.57. The highest BCUT2D eigenvalue weighted by Gasteiger charge is 2.02. The molecule has 3 nitrogen and oxygen atoms in total. The third kappa shape index (κ3) is 3.23. The molecule has 0 unspecified atom stereocenters. The molecule has 0 fully saturated rings. The van der Waals surface area contributed by atoms with E-state index < -0.39 is 0 Å². The molecule has 1 aromatic heterocycles. The molecule has 4 heteroatoms. The van der Waals surface area contributed by atoms with Crippen LogP contribution in [0.15, 0.2) is 40.5 Å². The molecule has 94 valence electrons. The zero-order valence-electron chi connectivity index (χ0n) is 10.9. The molecule has 0 saturated heterocycles. The standard InChI is InChI=1S/C14H17N3S/c1-4-16-13-8-15-9-14(17-13)18-12-6-5-10(2)11(3)7-12/h5-9H,4H2,1-3H3,(H,16,17). The highest BCUT2D eigenvalue weighted by molar-refractivity contribution is 7.99. The molecular weight excluding hydrogens is 242 g/mol. The minimum Gasteiger partial charge on any atom is -0.369 e. The molecule has 1 N–H and O–H groups in total. The summed E-state index contributed by atoms with van der Waals surface area (Å²) in [4.78, 5) is 9.89. The van der Waals surface area contributed by atoms with Gasteiger partial charge in [-0.1, -0.05) is 17.8 Å². The fourth-order valence-corrected chi connectivity index (χ4v) is 2.43. The maximum atomic E-state index is 4.50. The van der Waals surface area contributed by atoms with E-state index in [2.05, 4.69) is 47.3 Å². The van der Waals surface area contributed by atoms with Crippen LogP contribution < -0.4 is 5.32 Å². The van der Waals surface area contributed by atoms with Crippen LogP contribution in [0.5, 0.6) is 0 Å². The van der Waals surface area contributed by atoms with E-state index in [1.54, 1.807) is 24.2 Å². The molecule has 0 atom stereocenters. The van der Waals surface area contributed by atoms with Gasteiger partial charge in [-0.25, -0.2) is 4.98 Å². The number of benzene rings is 1. The Morgan fingerprint density at radius 2 is 2.00 bits per heavy atom. The molecular formula is C14H17N3S. The lowest BCUT2D eigenvalue weighted by atomic mass is 10.1. The number of aryl methyl sites for hydroxylation is 2. The average molecular weight is 259 g/mol. The van der Waals surface area contributed by atoms with Gasteiger partial charge in [-0.05, 0) is 44.0 Å². The molecule has 0 aliphatic rings. The van der Waals surface area contributed by atoms with Gasteiger partial charge in [-0.15, -0.1) is 0 Å². The van der Waals surface area contributed by atoms with Crippen LogP contribution in [-0.4, -0.2) is 16.5 Å². The minimum atomic E-state index is 0.825. The summed E-state index contributed by atoms with van der Waals surface area (Å²) in [7, 11) is 0. The van der Waals surface area contributed by atoms with Crippen LogP contribution in [0.4, 0.5) is 5.82 Å². The molecule has 1 heterocycles. The Hall–Kier alpha value is -1.55. The van der Waals surface area contributed by atoms with E-state index in [1.165, 1.54) is 16.0 Å². The maximum absolute atomic E-state index is 4.50. The zero-order chi connectivity index (χ0) is 13.0. The molecule has 18 heavy (non-hydrogen) atoms. The molecule has 0 bridgehead atoms. The molecule has 2 rings (SSSR count). The molecule has 0 aliphatic carbocycles. The van der Waals surface area contributed by atoms with Crippen molar-refractivity contribution in [3.63, 3.8) is 0 Å². The van der Waals surface area contributed by atoms with Crippen molar-refractivity contribution < 1.29 is 0 Å². The van der Waals surface area contributed by atoms with Gasteiger partial charge in [-0.2, -0.15) is 0 Å². The van der Waals surface area contributed by atoms with E-state index in [0.29, 0.717) is 0 Å². The van der Waals surface area contributed by atoms with Gasteiger partial charge in [0.2, 0.25) is 0 Å². The van der Waals surface area contributed by atoms with Crippen molar-refractivity contribution in [1.29, 1.82) is 0 Å². The van der Waals surface area contributed by atoms with Crippen molar-refractivity contribution in [3.8, 4) is 0 Å². The lowest BCUT2D eigenvalue weighted by molar-refractivity contribution is 1.03. The SMILES string of the molecule is CCNc1cncc(Sc2ccc(C)c(C)c2)n1. The first kappa shape index (κ1) is 12.9. The number of hydrogen-bond donors (Lipinski definition) is 1. The molecule has 0 spiro atoms. The van der Waals surface area contributed by atoms with E-state index in [0.717, 1.165) is 17.4 Å². The van der Waals surface area contributed by atoms with Crippen molar-refractivity contribution in [3.05, 3.63) is 41.7 Å². The minimum absolute atomic E-state index is 0.825.